The molecule has 2 aromatic rings. The molecular formula is C22H26ClN3O5. The van der Waals surface area contributed by atoms with Crippen molar-refractivity contribution < 1.29 is 23.5 Å². The van der Waals surface area contributed by atoms with Crippen LogP contribution >= 0.6 is 11.6 Å². The van der Waals surface area contributed by atoms with Crippen molar-refractivity contribution in [2.75, 3.05) is 33.4 Å². The summed E-state index contributed by atoms with van der Waals surface area (Å²) in [5.41, 5.74) is 1.56. The van der Waals surface area contributed by atoms with E-state index < -0.39 is 18.0 Å². The molecule has 0 radical (unpaired) electrons. The number of hydrogen-bond acceptors (Lipinski definition) is 6. The lowest BCUT2D eigenvalue weighted by Gasteiger charge is -2.32. The number of hydrogen-bond donors (Lipinski definition) is 2. The van der Waals surface area contributed by atoms with Crippen molar-refractivity contribution in [3.8, 4) is 0 Å². The van der Waals surface area contributed by atoms with Gasteiger partial charge in [0.1, 0.15) is 5.76 Å². The van der Waals surface area contributed by atoms with Crippen LogP contribution in [0.2, 0.25) is 5.02 Å². The summed E-state index contributed by atoms with van der Waals surface area (Å²) in [6, 6.07) is 9.63. The number of ether oxygens (including phenoxy) is 2. The highest BCUT2D eigenvalue weighted by Gasteiger charge is 2.34. The molecule has 0 fully saturated rings. The van der Waals surface area contributed by atoms with E-state index in [0.717, 1.165) is 11.3 Å². The molecule has 3 rings (SSSR count). The average molecular weight is 448 g/mol. The lowest BCUT2D eigenvalue weighted by atomic mass is 9.95. The lowest BCUT2D eigenvalue weighted by molar-refractivity contribution is -0.139. The number of halogens is 1. The summed E-state index contributed by atoms with van der Waals surface area (Å²) in [6.45, 7) is 3.81. The van der Waals surface area contributed by atoms with Crippen LogP contribution in [0.1, 0.15) is 24.3 Å². The van der Waals surface area contributed by atoms with Crippen LogP contribution in [0.4, 0.5) is 4.79 Å². The van der Waals surface area contributed by atoms with Crippen molar-refractivity contribution in [1.82, 2.24) is 15.5 Å². The van der Waals surface area contributed by atoms with Crippen LogP contribution in [0, 0.1) is 0 Å². The first-order chi connectivity index (χ1) is 15.0. The van der Waals surface area contributed by atoms with Gasteiger partial charge in [0.2, 0.25) is 0 Å². The smallest absolute Gasteiger partial charge is 0.338 e. The molecule has 8 nitrogen and oxygen atoms in total. The van der Waals surface area contributed by atoms with Gasteiger partial charge in [-0.2, -0.15) is 0 Å². The molecule has 2 N–H and O–H groups in total. The topological polar surface area (TPSA) is 93.0 Å². The Balaban J connectivity index is 1.97. The summed E-state index contributed by atoms with van der Waals surface area (Å²) >= 11 is 6.01. The van der Waals surface area contributed by atoms with E-state index in [-0.39, 0.29) is 6.61 Å². The summed E-state index contributed by atoms with van der Waals surface area (Å²) in [4.78, 5) is 27.4. The van der Waals surface area contributed by atoms with Crippen LogP contribution in [-0.4, -0.2) is 50.3 Å². The lowest BCUT2D eigenvalue weighted by Crippen LogP contribution is -2.48. The summed E-state index contributed by atoms with van der Waals surface area (Å²) in [5.74, 6) is 0.276. The van der Waals surface area contributed by atoms with E-state index in [1.165, 1.54) is 0 Å². The van der Waals surface area contributed by atoms with E-state index in [1.807, 2.05) is 17.0 Å². The van der Waals surface area contributed by atoms with Crippen molar-refractivity contribution in [3.63, 3.8) is 0 Å². The third kappa shape index (κ3) is 6.10. The fraction of sp³-hybridized carbons (Fsp3) is 0.364. The normalized spacial score (nSPS) is 16.3. The highest BCUT2D eigenvalue weighted by atomic mass is 35.5. The fourth-order valence-corrected chi connectivity index (χ4v) is 3.50. The largest absolute Gasteiger partial charge is 0.468 e. The number of nitrogens with one attached hydrogen (secondary N) is 2. The molecule has 1 aliphatic rings. The van der Waals surface area contributed by atoms with Crippen LogP contribution in [0.25, 0.3) is 0 Å². The number of methoxy groups -OCH3 is 1. The maximum atomic E-state index is 12.9. The van der Waals surface area contributed by atoms with Gasteiger partial charge in [0.15, 0.2) is 0 Å². The maximum absolute atomic E-state index is 12.9. The van der Waals surface area contributed by atoms with Crippen LogP contribution in [0.15, 0.2) is 58.3 Å². The number of amides is 2. The predicted molar refractivity (Wildman–Crippen MR) is 115 cm³/mol. The van der Waals surface area contributed by atoms with E-state index in [1.54, 1.807) is 44.6 Å². The molecule has 0 saturated heterocycles. The molecule has 0 spiro atoms. The molecule has 1 aromatic carbocycles. The molecule has 1 aromatic heterocycles. The van der Waals surface area contributed by atoms with Gasteiger partial charge < -0.3 is 24.5 Å². The molecule has 9 heteroatoms. The van der Waals surface area contributed by atoms with E-state index in [2.05, 4.69) is 10.6 Å². The molecule has 2 heterocycles. The van der Waals surface area contributed by atoms with Gasteiger partial charge in [0, 0.05) is 30.9 Å². The predicted octanol–water partition coefficient (Wildman–Crippen LogP) is 3.25. The number of urea groups is 1. The minimum absolute atomic E-state index is 0.219. The molecular weight excluding hydrogens is 422 g/mol. The third-order valence-electron chi connectivity index (χ3n) is 4.81. The SMILES string of the molecule is CCOC(=O)C1=C(CN(CCOC)Cc2ccco2)NC(=O)N[C@@H]1c1ccc(Cl)cc1. The van der Waals surface area contributed by atoms with Crippen LogP contribution < -0.4 is 10.6 Å². The molecule has 166 valence electrons. The van der Waals surface area contributed by atoms with Crippen molar-refractivity contribution in [1.29, 1.82) is 0 Å². The Hall–Kier alpha value is -2.81. The molecule has 0 aliphatic carbocycles. The number of carbonyl (C=O) groups excluding carboxylic acids is 2. The Morgan fingerprint density at radius 2 is 2.00 bits per heavy atom. The number of nitrogens with zero attached hydrogens (tertiary/aromatic N) is 1. The van der Waals surface area contributed by atoms with Crippen molar-refractivity contribution >= 4 is 23.6 Å². The van der Waals surface area contributed by atoms with E-state index >= 15 is 0 Å². The molecule has 0 unspecified atom stereocenters. The zero-order chi connectivity index (χ0) is 22.2. The molecule has 0 saturated carbocycles. The van der Waals surface area contributed by atoms with Gasteiger partial charge in [0.05, 0.1) is 37.6 Å². The molecule has 31 heavy (non-hydrogen) atoms. The van der Waals surface area contributed by atoms with Gasteiger partial charge in [-0.05, 0) is 36.8 Å². The second-order valence-electron chi connectivity index (χ2n) is 6.98. The Morgan fingerprint density at radius 3 is 2.65 bits per heavy atom. The van der Waals surface area contributed by atoms with Crippen LogP contribution in [0.3, 0.4) is 0 Å². The quantitative estimate of drug-likeness (QED) is 0.543. The second kappa shape index (κ2) is 11.0. The third-order valence-corrected chi connectivity index (χ3v) is 5.06. The minimum atomic E-state index is -0.659. The van der Waals surface area contributed by atoms with Crippen molar-refractivity contribution in [2.24, 2.45) is 0 Å². The zero-order valence-corrected chi connectivity index (χ0v) is 18.3. The minimum Gasteiger partial charge on any atom is -0.468 e. The van der Waals surface area contributed by atoms with Gasteiger partial charge >= 0.3 is 12.0 Å². The highest BCUT2D eigenvalue weighted by molar-refractivity contribution is 6.30. The van der Waals surface area contributed by atoms with Gasteiger partial charge in [-0.15, -0.1) is 0 Å². The van der Waals surface area contributed by atoms with Gasteiger partial charge in [0.25, 0.3) is 0 Å². The monoisotopic (exact) mass is 447 g/mol. The maximum Gasteiger partial charge on any atom is 0.338 e. The fourth-order valence-electron chi connectivity index (χ4n) is 3.38. The molecule has 1 aliphatic heterocycles. The van der Waals surface area contributed by atoms with Gasteiger partial charge in [-0.25, -0.2) is 9.59 Å². The van der Waals surface area contributed by atoms with Gasteiger partial charge in [-0.3, -0.25) is 4.90 Å². The Morgan fingerprint density at radius 1 is 1.23 bits per heavy atom. The highest BCUT2D eigenvalue weighted by Crippen LogP contribution is 2.29. The van der Waals surface area contributed by atoms with Crippen LogP contribution in [0.5, 0.6) is 0 Å². The number of rotatable bonds is 10. The first-order valence-electron chi connectivity index (χ1n) is 9.98. The van der Waals surface area contributed by atoms with Crippen LogP contribution in [-0.2, 0) is 20.8 Å². The average Bonchev–Trinajstić information content (AvgIpc) is 3.25. The number of esters is 1. The summed E-state index contributed by atoms with van der Waals surface area (Å²) in [7, 11) is 1.62. The van der Waals surface area contributed by atoms with E-state index in [4.69, 9.17) is 25.5 Å². The number of carbonyl (C=O) groups is 2. The Bertz CT molecular complexity index is 912. The number of benzene rings is 1. The summed E-state index contributed by atoms with van der Waals surface area (Å²) < 4.78 is 16.0. The summed E-state index contributed by atoms with van der Waals surface area (Å²) in [6.07, 6.45) is 1.61. The Kier molecular flexibility index (Phi) is 8.11. The standard InChI is InChI=1S/C22H26ClN3O5/c1-3-30-21(27)19-18(14-26(10-12-29-2)13-17-5-4-11-31-17)24-22(28)25-20(19)15-6-8-16(23)9-7-15/h4-9,11,20H,3,10,12-14H2,1-2H3,(H2,24,25,28)/t20-/m1/s1. The van der Waals surface area contributed by atoms with Gasteiger partial charge in [-0.1, -0.05) is 23.7 Å². The summed E-state index contributed by atoms with van der Waals surface area (Å²) in [5, 5.41) is 6.18. The van der Waals surface area contributed by atoms with Crippen molar-refractivity contribution in [3.05, 3.63) is 70.3 Å². The first-order valence-corrected chi connectivity index (χ1v) is 10.4. The van der Waals surface area contributed by atoms with E-state index in [0.29, 0.717) is 42.5 Å². The molecule has 0 bridgehead atoms. The Labute approximate surface area is 186 Å². The zero-order valence-electron chi connectivity index (χ0n) is 17.5. The second-order valence-corrected chi connectivity index (χ2v) is 7.41. The molecule has 2 amide bonds. The first kappa shape index (κ1) is 22.9. The van der Waals surface area contributed by atoms with Crippen molar-refractivity contribution in [2.45, 2.75) is 19.5 Å². The number of furan rings is 1. The van der Waals surface area contributed by atoms with E-state index in [9.17, 15) is 9.59 Å². The molecule has 1 atom stereocenters.